The van der Waals surface area contributed by atoms with E-state index in [4.69, 9.17) is 12.2 Å². The number of aryl methyl sites for hydroxylation is 2. The largest absolute Gasteiger partial charge is 0.372 e. The van der Waals surface area contributed by atoms with Gasteiger partial charge in [-0.15, -0.1) is 0 Å². The maximum absolute atomic E-state index is 5.34. The van der Waals surface area contributed by atoms with E-state index in [0.29, 0.717) is 5.11 Å². The molecule has 1 aliphatic heterocycles. The number of benzene rings is 2. The van der Waals surface area contributed by atoms with Crippen molar-refractivity contribution in [3.8, 4) is 0 Å². The van der Waals surface area contributed by atoms with Crippen LogP contribution in [0.25, 0.3) is 0 Å². The minimum Gasteiger partial charge on any atom is -0.372 e. The maximum atomic E-state index is 5.34. The highest BCUT2D eigenvalue weighted by Crippen LogP contribution is 2.27. The quantitative estimate of drug-likeness (QED) is 0.469. The van der Waals surface area contributed by atoms with Gasteiger partial charge in [0.2, 0.25) is 0 Å². The molecule has 5 heteroatoms. The number of para-hydroxylation sites is 1. The van der Waals surface area contributed by atoms with E-state index in [2.05, 4.69) is 58.9 Å². The minimum atomic E-state index is 0.497. The number of nitrogens with zero attached hydrogens (tertiary/aromatic N) is 2. The number of nitrogens with one attached hydrogen (secondary N) is 2. The van der Waals surface area contributed by atoms with Crippen LogP contribution in [0.1, 0.15) is 37.0 Å². The van der Waals surface area contributed by atoms with Gasteiger partial charge in [0, 0.05) is 24.5 Å². The van der Waals surface area contributed by atoms with E-state index in [1.165, 1.54) is 23.2 Å². The summed E-state index contributed by atoms with van der Waals surface area (Å²) < 4.78 is 0. The molecule has 1 aliphatic rings. The van der Waals surface area contributed by atoms with Crippen LogP contribution in [0, 0.1) is 0 Å². The number of fused-ring (bicyclic) bond motifs is 1. The Bertz CT molecular complexity index is 800. The van der Waals surface area contributed by atoms with Crippen LogP contribution in [0.4, 0.5) is 11.4 Å². The van der Waals surface area contributed by atoms with Crippen molar-refractivity contribution < 1.29 is 0 Å². The molecule has 0 aromatic heterocycles. The van der Waals surface area contributed by atoms with Gasteiger partial charge in [0.15, 0.2) is 5.11 Å². The van der Waals surface area contributed by atoms with E-state index in [0.717, 1.165) is 37.2 Å². The Morgan fingerprint density at radius 3 is 2.88 bits per heavy atom. The van der Waals surface area contributed by atoms with Gasteiger partial charge in [-0.2, -0.15) is 5.10 Å². The summed E-state index contributed by atoms with van der Waals surface area (Å²) >= 11 is 5.34. The molecule has 0 amide bonds. The molecule has 0 saturated carbocycles. The lowest BCUT2D eigenvalue weighted by molar-refractivity contribution is 0.708. The predicted molar refractivity (Wildman–Crippen MR) is 115 cm³/mol. The van der Waals surface area contributed by atoms with Gasteiger partial charge >= 0.3 is 0 Å². The first kappa shape index (κ1) is 18.4. The number of hydrogen-bond donors (Lipinski definition) is 2. The van der Waals surface area contributed by atoms with Crippen LogP contribution in [-0.4, -0.2) is 24.4 Å². The molecule has 26 heavy (non-hydrogen) atoms. The first-order chi connectivity index (χ1) is 12.7. The Labute approximate surface area is 161 Å². The zero-order chi connectivity index (χ0) is 18.4. The van der Waals surface area contributed by atoms with Crippen molar-refractivity contribution >= 4 is 34.9 Å². The van der Waals surface area contributed by atoms with E-state index >= 15 is 0 Å². The molecule has 136 valence electrons. The summed E-state index contributed by atoms with van der Waals surface area (Å²) in [6, 6.07) is 14.7. The number of thiocarbonyl (C=S) groups is 1. The van der Waals surface area contributed by atoms with Gasteiger partial charge in [-0.1, -0.05) is 31.2 Å². The van der Waals surface area contributed by atoms with E-state index in [1.54, 1.807) is 0 Å². The van der Waals surface area contributed by atoms with Crippen LogP contribution >= 0.6 is 12.2 Å². The molecule has 0 saturated heterocycles. The van der Waals surface area contributed by atoms with Gasteiger partial charge in [-0.25, -0.2) is 0 Å². The van der Waals surface area contributed by atoms with Crippen LogP contribution in [0.5, 0.6) is 0 Å². The van der Waals surface area contributed by atoms with Crippen molar-refractivity contribution in [2.75, 3.05) is 23.3 Å². The molecule has 0 radical (unpaired) electrons. The normalized spacial score (nSPS) is 13.5. The smallest absolute Gasteiger partial charge is 0.191 e. The SMILES string of the molecule is CCc1ccccc1NC(=S)NN=Cc1ccc2c(c1)CCCN2CC. The maximum Gasteiger partial charge on any atom is 0.191 e. The molecule has 4 nitrogen and oxygen atoms in total. The van der Waals surface area contributed by atoms with Crippen molar-refractivity contribution in [3.63, 3.8) is 0 Å². The number of hydrogen-bond acceptors (Lipinski definition) is 3. The molecule has 0 unspecified atom stereocenters. The first-order valence-corrected chi connectivity index (χ1v) is 9.68. The number of hydrazone groups is 1. The van der Waals surface area contributed by atoms with E-state index < -0.39 is 0 Å². The van der Waals surface area contributed by atoms with Gasteiger partial charge in [-0.05, 0) is 73.3 Å². The highest BCUT2D eigenvalue weighted by Gasteiger charge is 2.15. The Morgan fingerprint density at radius 2 is 2.08 bits per heavy atom. The summed E-state index contributed by atoms with van der Waals surface area (Å²) in [5, 5.41) is 8.00. The van der Waals surface area contributed by atoms with Gasteiger partial charge in [-0.3, -0.25) is 5.43 Å². The fourth-order valence-electron chi connectivity index (χ4n) is 3.37. The van der Waals surface area contributed by atoms with Crippen LogP contribution in [0.3, 0.4) is 0 Å². The monoisotopic (exact) mass is 366 g/mol. The Morgan fingerprint density at radius 1 is 1.23 bits per heavy atom. The molecule has 2 N–H and O–H groups in total. The van der Waals surface area contributed by atoms with E-state index in [9.17, 15) is 0 Å². The average Bonchev–Trinajstić information content (AvgIpc) is 2.67. The number of rotatable bonds is 5. The lowest BCUT2D eigenvalue weighted by atomic mass is 9.99. The summed E-state index contributed by atoms with van der Waals surface area (Å²) in [6.45, 7) is 6.54. The van der Waals surface area contributed by atoms with E-state index in [-0.39, 0.29) is 0 Å². The molecule has 2 aromatic carbocycles. The van der Waals surface area contributed by atoms with E-state index in [1.807, 2.05) is 24.4 Å². The fourth-order valence-corrected chi connectivity index (χ4v) is 3.53. The lowest BCUT2D eigenvalue weighted by Gasteiger charge is -2.30. The predicted octanol–water partition coefficient (Wildman–Crippen LogP) is 4.34. The van der Waals surface area contributed by atoms with Gasteiger partial charge in [0.25, 0.3) is 0 Å². The molecular formula is C21H26N4S. The summed E-state index contributed by atoms with van der Waals surface area (Å²) in [4.78, 5) is 2.43. The molecule has 0 aliphatic carbocycles. The summed E-state index contributed by atoms with van der Waals surface area (Å²) in [5.74, 6) is 0. The molecule has 0 spiro atoms. The van der Waals surface area contributed by atoms with Crippen LogP contribution in [-0.2, 0) is 12.8 Å². The molecule has 2 aromatic rings. The Hall–Kier alpha value is -2.40. The molecule has 0 fully saturated rings. The van der Waals surface area contributed by atoms with Crippen LogP contribution < -0.4 is 15.6 Å². The van der Waals surface area contributed by atoms with Crippen molar-refractivity contribution in [2.45, 2.75) is 33.1 Å². The third kappa shape index (κ3) is 4.41. The Balaban J connectivity index is 1.61. The first-order valence-electron chi connectivity index (χ1n) is 9.27. The second kappa shape index (κ2) is 8.81. The highest BCUT2D eigenvalue weighted by molar-refractivity contribution is 7.80. The molecule has 0 bridgehead atoms. The van der Waals surface area contributed by atoms with Crippen LogP contribution in [0.2, 0.25) is 0 Å². The van der Waals surface area contributed by atoms with Gasteiger partial charge in [0.05, 0.1) is 6.21 Å². The minimum absolute atomic E-state index is 0.497. The summed E-state index contributed by atoms with van der Waals surface area (Å²) in [5.41, 5.74) is 9.02. The topological polar surface area (TPSA) is 39.7 Å². The zero-order valence-electron chi connectivity index (χ0n) is 15.5. The fraction of sp³-hybridized carbons (Fsp3) is 0.333. The summed E-state index contributed by atoms with van der Waals surface area (Å²) in [7, 11) is 0. The van der Waals surface area contributed by atoms with Crippen molar-refractivity contribution in [1.82, 2.24) is 5.43 Å². The van der Waals surface area contributed by atoms with Crippen molar-refractivity contribution in [3.05, 3.63) is 59.2 Å². The van der Waals surface area contributed by atoms with Crippen LogP contribution in [0.15, 0.2) is 47.6 Å². The molecule has 0 atom stereocenters. The zero-order valence-corrected chi connectivity index (χ0v) is 16.3. The van der Waals surface area contributed by atoms with Crippen molar-refractivity contribution in [1.29, 1.82) is 0 Å². The highest BCUT2D eigenvalue weighted by atomic mass is 32.1. The van der Waals surface area contributed by atoms with Crippen molar-refractivity contribution in [2.24, 2.45) is 5.10 Å². The molecular weight excluding hydrogens is 340 g/mol. The third-order valence-electron chi connectivity index (χ3n) is 4.73. The molecule has 3 rings (SSSR count). The summed E-state index contributed by atoms with van der Waals surface area (Å²) in [6.07, 6.45) is 5.13. The lowest BCUT2D eigenvalue weighted by Crippen LogP contribution is -2.28. The Kier molecular flexibility index (Phi) is 6.23. The standard InChI is InChI=1S/C21H26N4S/c1-3-17-8-5-6-10-19(17)23-21(26)24-22-15-16-11-12-20-18(14-16)9-7-13-25(20)4-2/h5-6,8,10-12,14-15H,3-4,7,9,13H2,1-2H3,(H2,23,24,26). The number of anilines is 2. The molecule has 1 heterocycles. The average molecular weight is 367 g/mol. The third-order valence-corrected chi connectivity index (χ3v) is 4.92. The van der Waals surface area contributed by atoms with Gasteiger partial charge < -0.3 is 10.2 Å². The second-order valence-electron chi connectivity index (χ2n) is 6.41. The van der Waals surface area contributed by atoms with Gasteiger partial charge in [0.1, 0.15) is 0 Å². The second-order valence-corrected chi connectivity index (χ2v) is 6.81.